The third-order valence-corrected chi connectivity index (χ3v) is 13.0. The van der Waals surface area contributed by atoms with Crippen LogP contribution in [0.2, 0.25) is 0 Å². The Hall–Kier alpha value is -5.08. The van der Waals surface area contributed by atoms with Crippen molar-refractivity contribution in [1.82, 2.24) is 19.6 Å². The zero-order chi connectivity index (χ0) is 40.6. The molecule has 1 amide bonds. The van der Waals surface area contributed by atoms with Gasteiger partial charge in [-0.2, -0.15) is 4.72 Å². The summed E-state index contributed by atoms with van der Waals surface area (Å²) in [5, 5.41) is 13.5. The van der Waals surface area contributed by atoms with Crippen molar-refractivity contribution in [3.63, 3.8) is 0 Å². The Kier molecular flexibility index (Phi) is 13.2. The molecule has 7 rings (SSSR count). The van der Waals surface area contributed by atoms with Gasteiger partial charge in [0, 0.05) is 43.2 Å². The lowest BCUT2D eigenvalue weighted by Crippen LogP contribution is -2.47. The number of ether oxygens (including phenoxy) is 2. The molecule has 300 valence electrons. The van der Waals surface area contributed by atoms with Gasteiger partial charge in [0.25, 0.3) is 0 Å². The largest absolute Gasteiger partial charge is 0.392 e. The van der Waals surface area contributed by atoms with Crippen molar-refractivity contribution in [1.29, 1.82) is 0 Å². The summed E-state index contributed by atoms with van der Waals surface area (Å²) in [7, 11) is -1.99. The average Bonchev–Trinajstić information content (AvgIpc) is 3.66. The maximum atomic E-state index is 13.7. The van der Waals surface area contributed by atoms with Crippen molar-refractivity contribution in [2.24, 2.45) is 13.0 Å². The molecule has 0 saturated carbocycles. The molecule has 5 atom stereocenters. The van der Waals surface area contributed by atoms with E-state index in [1.165, 1.54) is 0 Å². The van der Waals surface area contributed by atoms with E-state index in [1.54, 1.807) is 42.2 Å². The topological polar surface area (TPSA) is 132 Å². The third-order valence-electron chi connectivity index (χ3n) is 10.4. The van der Waals surface area contributed by atoms with Crippen molar-refractivity contribution in [3.8, 4) is 11.1 Å². The first-order valence-corrected chi connectivity index (χ1v) is 21.7. The highest BCUT2D eigenvalue weighted by Crippen LogP contribution is 2.43. The monoisotopic (exact) mass is 816 g/mol. The maximum Gasteiger partial charge on any atom is 0.241 e. The van der Waals surface area contributed by atoms with Crippen molar-refractivity contribution in [2.75, 3.05) is 5.75 Å². The van der Waals surface area contributed by atoms with Gasteiger partial charge < -0.3 is 24.5 Å². The Bertz CT molecular complexity index is 2410. The molecule has 3 N–H and O–H groups in total. The lowest BCUT2D eigenvalue weighted by atomic mass is 9.91. The van der Waals surface area contributed by atoms with E-state index in [1.807, 2.05) is 122 Å². The minimum absolute atomic E-state index is 0.0266. The molecule has 5 unspecified atom stereocenters. The molecule has 10 nitrogen and oxygen atoms in total. The number of carbonyl (C=O) groups excluding carboxylic acids is 1. The van der Waals surface area contributed by atoms with E-state index >= 15 is 0 Å². The molecule has 6 aromatic rings. The van der Waals surface area contributed by atoms with Crippen LogP contribution < -0.4 is 10.0 Å². The van der Waals surface area contributed by atoms with Crippen LogP contribution in [0.4, 0.5) is 0 Å². The first-order chi connectivity index (χ1) is 28.1. The zero-order valence-corrected chi connectivity index (χ0v) is 34.3. The lowest BCUT2D eigenvalue weighted by molar-refractivity contribution is -0.268. The summed E-state index contributed by atoms with van der Waals surface area (Å²) in [6.45, 7) is 4.21. The summed E-state index contributed by atoms with van der Waals surface area (Å²) < 4.78 is 44.9. The predicted octanol–water partition coefficient (Wildman–Crippen LogP) is 7.68. The number of hydrogen-bond donors (Lipinski definition) is 3. The normalized spacial score (nSPS) is 18.8. The molecular formula is C46H48N4O6S2. The van der Waals surface area contributed by atoms with E-state index in [0.717, 1.165) is 49.7 Å². The number of rotatable bonds is 15. The smallest absolute Gasteiger partial charge is 0.241 e. The number of aliphatic hydroxyl groups excluding tert-OH is 1. The van der Waals surface area contributed by atoms with E-state index in [0.29, 0.717) is 5.75 Å². The van der Waals surface area contributed by atoms with Gasteiger partial charge in [0.15, 0.2) is 11.4 Å². The molecule has 0 bridgehead atoms. The van der Waals surface area contributed by atoms with Crippen LogP contribution in [0.15, 0.2) is 150 Å². The minimum atomic E-state index is -3.97. The van der Waals surface area contributed by atoms with Crippen LogP contribution in [-0.2, 0) is 50.9 Å². The fraction of sp³-hybridized carbons (Fsp3) is 0.261. The van der Waals surface area contributed by atoms with Gasteiger partial charge in [-0.25, -0.2) is 13.4 Å². The number of amides is 1. The van der Waals surface area contributed by atoms with Crippen LogP contribution in [0.3, 0.4) is 0 Å². The number of aliphatic hydroxyl groups is 1. The predicted molar refractivity (Wildman–Crippen MR) is 226 cm³/mol. The SMILES string of the molecule is Cc1ccc(S(=O)(=O)NC(Cc2ccccc2)C(=O)NCc2cccc(-c3cccc(C4OC(CSc5nccn5C)C(C)C(c5ccc(CO)cc5)O4)c3)c2)cc1. The number of nitrogens with one attached hydrogen (secondary N) is 2. The second-order valence-electron chi connectivity index (χ2n) is 14.7. The number of aromatic nitrogens is 2. The van der Waals surface area contributed by atoms with Crippen molar-refractivity contribution in [2.45, 2.75) is 68.0 Å². The summed E-state index contributed by atoms with van der Waals surface area (Å²) in [4.78, 5) is 18.3. The van der Waals surface area contributed by atoms with E-state index in [4.69, 9.17) is 9.47 Å². The number of benzene rings is 5. The number of imidazole rings is 1. The van der Waals surface area contributed by atoms with Gasteiger partial charge in [0.05, 0.1) is 23.7 Å². The Labute approximate surface area is 344 Å². The molecule has 2 heterocycles. The molecule has 0 spiro atoms. The lowest BCUT2D eigenvalue weighted by Gasteiger charge is -2.41. The standard InChI is InChI=1S/C46H48N4O6S2/c1-31-15-21-40(22-16-31)58(53,54)49-41(26-33-9-5-4-6-10-33)44(52)48-28-35-11-7-12-37(25-35)38-13-8-14-39(27-38)45-55-42(30-57-46-47-23-24-50(46)3)32(2)43(56-45)36-19-17-34(29-51)18-20-36/h4-25,27,32,41-43,45,49,51H,26,28-30H2,1-3H3,(H,48,52). The number of aryl methyl sites for hydroxylation is 2. The molecule has 1 fully saturated rings. The summed E-state index contributed by atoms with van der Waals surface area (Å²) in [6, 6.07) is 38.8. The summed E-state index contributed by atoms with van der Waals surface area (Å²) >= 11 is 1.65. The fourth-order valence-electron chi connectivity index (χ4n) is 7.01. The van der Waals surface area contributed by atoms with Crippen LogP contribution in [0.1, 0.15) is 52.7 Å². The zero-order valence-electron chi connectivity index (χ0n) is 32.7. The van der Waals surface area contributed by atoms with E-state index in [9.17, 15) is 18.3 Å². The van der Waals surface area contributed by atoms with E-state index in [-0.39, 0.29) is 42.6 Å². The van der Waals surface area contributed by atoms with Gasteiger partial charge in [0.2, 0.25) is 15.9 Å². The molecule has 0 radical (unpaired) electrons. The molecule has 5 aromatic carbocycles. The Morgan fingerprint density at radius 2 is 1.55 bits per heavy atom. The highest BCUT2D eigenvalue weighted by atomic mass is 32.2. The molecule has 12 heteroatoms. The second kappa shape index (κ2) is 18.7. The molecule has 1 aliphatic rings. The number of carbonyl (C=O) groups is 1. The highest BCUT2D eigenvalue weighted by Gasteiger charge is 2.38. The van der Waals surface area contributed by atoms with Crippen molar-refractivity contribution >= 4 is 27.7 Å². The van der Waals surface area contributed by atoms with Gasteiger partial charge in [-0.1, -0.05) is 127 Å². The summed E-state index contributed by atoms with van der Waals surface area (Å²) in [5.74, 6) is 0.290. The number of sulfonamides is 1. The van der Waals surface area contributed by atoms with E-state index in [2.05, 4.69) is 28.0 Å². The van der Waals surface area contributed by atoms with Crippen LogP contribution in [0, 0.1) is 12.8 Å². The highest BCUT2D eigenvalue weighted by molar-refractivity contribution is 7.99. The first kappa shape index (κ1) is 41.1. The van der Waals surface area contributed by atoms with Crippen LogP contribution in [0.25, 0.3) is 11.1 Å². The molecule has 1 aromatic heterocycles. The Morgan fingerprint density at radius 1 is 0.845 bits per heavy atom. The number of hydrogen-bond acceptors (Lipinski definition) is 8. The molecular weight excluding hydrogens is 769 g/mol. The third kappa shape index (κ3) is 10.1. The minimum Gasteiger partial charge on any atom is -0.392 e. The second-order valence-corrected chi connectivity index (χ2v) is 17.4. The van der Waals surface area contributed by atoms with E-state index < -0.39 is 28.3 Å². The maximum absolute atomic E-state index is 13.7. The Balaban J connectivity index is 1.08. The summed E-state index contributed by atoms with van der Waals surface area (Å²) in [6.07, 6.45) is 2.87. The van der Waals surface area contributed by atoms with Crippen molar-refractivity contribution in [3.05, 3.63) is 173 Å². The van der Waals surface area contributed by atoms with Crippen LogP contribution >= 0.6 is 11.8 Å². The molecule has 58 heavy (non-hydrogen) atoms. The first-order valence-electron chi connectivity index (χ1n) is 19.3. The summed E-state index contributed by atoms with van der Waals surface area (Å²) in [5.41, 5.74) is 7.25. The van der Waals surface area contributed by atoms with Gasteiger partial charge in [-0.3, -0.25) is 4.79 Å². The van der Waals surface area contributed by atoms with Gasteiger partial charge in [-0.05, 0) is 71.0 Å². The van der Waals surface area contributed by atoms with Gasteiger partial charge in [-0.15, -0.1) is 0 Å². The van der Waals surface area contributed by atoms with Crippen LogP contribution in [0.5, 0.6) is 0 Å². The van der Waals surface area contributed by atoms with Crippen molar-refractivity contribution < 1.29 is 27.8 Å². The average molecular weight is 817 g/mol. The molecule has 1 aliphatic heterocycles. The quantitative estimate of drug-likeness (QED) is 0.0901. The molecule has 1 saturated heterocycles. The van der Waals surface area contributed by atoms with Crippen LogP contribution in [-0.4, -0.2) is 46.9 Å². The number of nitrogens with zero attached hydrogens (tertiary/aromatic N) is 2. The number of thioether (sulfide) groups is 1. The molecule has 0 aliphatic carbocycles. The van der Waals surface area contributed by atoms with Gasteiger partial charge in [0.1, 0.15) is 6.04 Å². The van der Waals surface area contributed by atoms with Gasteiger partial charge >= 0.3 is 0 Å². The Morgan fingerprint density at radius 3 is 2.26 bits per heavy atom. The fourth-order valence-corrected chi connectivity index (χ4v) is 9.30.